The van der Waals surface area contributed by atoms with E-state index in [1.165, 1.54) is 26.9 Å². The van der Waals surface area contributed by atoms with E-state index in [-0.39, 0.29) is 17.0 Å². The first-order valence-electron chi connectivity index (χ1n) is 12.7. The van der Waals surface area contributed by atoms with Crippen molar-refractivity contribution in [2.24, 2.45) is 0 Å². The summed E-state index contributed by atoms with van der Waals surface area (Å²) in [5, 5.41) is 9.66. The molecule has 0 radical (unpaired) electrons. The molecule has 0 unspecified atom stereocenters. The number of hydrogen-bond acceptors (Lipinski definition) is 8. The molecule has 0 bridgehead atoms. The summed E-state index contributed by atoms with van der Waals surface area (Å²) in [7, 11) is 4.55. The van der Waals surface area contributed by atoms with Crippen LogP contribution >= 0.6 is 0 Å². The Balaban J connectivity index is 1.44. The minimum absolute atomic E-state index is 0.0877. The zero-order valence-corrected chi connectivity index (χ0v) is 23.3. The molecule has 0 atom stereocenters. The Bertz CT molecular complexity index is 1360. The van der Waals surface area contributed by atoms with Crippen molar-refractivity contribution in [3.8, 4) is 23.3 Å². The molecule has 0 saturated carbocycles. The third kappa shape index (κ3) is 6.01. The molecule has 1 amide bonds. The van der Waals surface area contributed by atoms with Crippen LogP contribution < -0.4 is 19.1 Å². The molecule has 1 aromatic heterocycles. The number of nitrogens with zero attached hydrogens (tertiary/aromatic N) is 4. The third-order valence-electron chi connectivity index (χ3n) is 6.69. The summed E-state index contributed by atoms with van der Waals surface area (Å²) in [6.07, 6.45) is 3.68. The summed E-state index contributed by atoms with van der Waals surface area (Å²) in [6.45, 7) is 8.43. The second-order valence-corrected chi connectivity index (χ2v) is 10.2. The summed E-state index contributed by atoms with van der Waals surface area (Å²) in [4.78, 5) is 21.3. The molecule has 0 aliphatic carbocycles. The van der Waals surface area contributed by atoms with Crippen LogP contribution in [0.1, 0.15) is 53.8 Å². The van der Waals surface area contributed by atoms with Crippen molar-refractivity contribution in [2.45, 2.75) is 26.2 Å². The smallest absolute Gasteiger partial charge is 0.254 e. The quantitative estimate of drug-likeness (QED) is 0.421. The molecule has 204 valence electrons. The van der Waals surface area contributed by atoms with Crippen LogP contribution in [-0.4, -0.2) is 63.3 Å². The van der Waals surface area contributed by atoms with E-state index in [1.54, 1.807) is 23.1 Å². The molecule has 1 fully saturated rings. The number of ether oxygens (including phenoxy) is 3. The minimum Gasteiger partial charge on any atom is -0.493 e. The molecule has 1 aliphatic heterocycles. The van der Waals surface area contributed by atoms with Gasteiger partial charge in [-0.2, -0.15) is 10.2 Å². The number of rotatable bonds is 7. The predicted molar refractivity (Wildman–Crippen MR) is 150 cm³/mol. The number of oxazole rings is 1. The average molecular weight is 531 g/mol. The van der Waals surface area contributed by atoms with Crippen LogP contribution in [0, 0.1) is 11.3 Å². The van der Waals surface area contributed by atoms with Gasteiger partial charge in [-0.15, -0.1) is 0 Å². The van der Waals surface area contributed by atoms with Gasteiger partial charge in [0.15, 0.2) is 11.5 Å². The third-order valence-corrected chi connectivity index (χ3v) is 6.69. The van der Waals surface area contributed by atoms with Crippen LogP contribution in [0.15, 0.2) is 40.8 Å². The van der Waals surface area contributed by atoms with Crippen LogP contribution in [-0.2, 0) is 5.41 Å². The van der Waals surface area contributed by atoms with Gasteiger partial charge in [0.2, 0.25) is 23.2 Å². The van der Waals surface area contributed by atoms with Crippen LogP contribution in [0.3, 0.4) is 0 Å². The molecule has 1 saturated heterocycles. The Hall–Kier alpha value is -4.45. The van der Waals surface area contributed by atoms with Gasteiger partial charge in [-0.1, -0.05) is 45.0 Å². The van der Waals surface area contributed by atoms with Crippen LogP contribution in [0.25, 0.3) is 12.2 Å². The molecular formula is C30H34N4O5. The molecule has 2 aromatic carbocycles. The average Bonchev–Trinajstić information content (AvgIpc) is 3.38. The van der Waals surface area contributed by atoms with Gasteiger partial charge in [0.25, 0.3) is 5.91 Å². The Morgan fingerprint density at radius 3 is 2.10 bits per heavy atom. The molecule has 9 heteroatoms. The molecular weight excluding hydrogens is 496 g/mol. The van der Waals surface area contributed by atoms with E-state index < -0.39 is 0 Å². The molecule has 1 aliphatic rings. The van der Waals surface area contributed by atoms with Crippen molar-refractivity contribution in [3.63, 3.8) is 0 Å². The first-order chi connectivity index (χ1) is 18.7. The van der Waals surface area contributed by atoms with Gasteiger partial charge in [-0.05, 0) is 34.8 Å². The predicted octanol–water partition coefficient (Wildman–Crippen LogP) is 5.00. The van der Waals surface area contributed by atoms with Gasteiger partial charge in [0.05, 0.1) is 21.3 Å². The first-order valence-corrected chi connectivity index (χ1v) is 12.7. The lowest BCUT2D eigenvalue weighted by Crippen LogP contribution is -2.48. The van der Waals surface area contributed by atoms with E-state index in [1.807, 2.05) is 11.0 Å². The van der Waals surface area contributed by atoms with Gasteiger partial charge in [-0.3, -0.25) is 4.79 Å². The van der Waals surface area contributed by atoms with Gasteiger partial charge in [0, 0.05) is 37.8 Å². The van der Waals surface area contributed by atoms with Crippen LogP contribution in [0.2, 0.25) is 0 Å². The van der Waals surface area contributed by atoms with Gasteiger partial charge in [-0.25, -0.2) is 0 Å². The van der Waals surface area contributed by atoms with E-state index in [0.29, 0.717) is 60.8 Å². The van der Waals surface area contributed by atoms with Gasteiger partial charge >= 0.3 is 0 Å². The highest BCUT2D eigenvalue weighted by Crippen LogP contribution is 2.38. The fourth-order valence-electron chi connectivity index (χ4n) is 4.45. The number of nitriles is 1. The van der Waals surface area contributed by atoms with Crippen molar-refractivity contribution in [1.29, 1.82) is 5.26 Å². The SMILES string of the molecule is COc1cc(C(=O)N2CCN(c3oc(/C=C/c4ccc(C(C)(C)C)cc4)nc3C#N)CC2)cc(OC)c1OC. The maximum Gasteiger partial charge on any atom is 0.254 e. The molecule has 4 rings (SSSR count). The Morgan fingerprint density at radius 1 is 0.974 bits per heavy atom. The number of benzene rings is 2. The van der Waals surface area contributed by atoms with Gasteiger partial charge in [0.1, 0.15) is 6.07 Å². The summed E-state index contributed by atoms with van der Waals surface area (Å²) in [5.74, 6) is 1.91. The number of carbonyl (C=O) groups is 1. The lowest BCUT2D eigenvalue weighted by atomic mass is 9.87. The van der Waals surface area contributed by atoms with Crippen molar-refractivity contribution in [2.75, 3.05) is 52.4 Å². The highest BCUT2D eigenvalue weighted by Gasteiger charge is 2.28. The Kier molecular flexibility index (Phi) is 8.15. The molecule has 39 heavy (non-hydrogen) atoms. The second kappa shape index (κ2) is 11.5. The normalized spacial score (nSPS) is 13.9. The molecule has 9 nitrogen and oxygen atoms in total. The molecule has 2 heterocycles. The molecule has 0 spiro atoms. The highest BCUT2D eigenvalue weighted by atomic mass is 16.5. The van der Waals surface area contributed by atoms with E-state index in [0.717, 1.165) is 5.56 Å². The lowest BCUT2D eigenvalue weighted by Gasteiger charge is -2.34. The number of piperazine rings is 1. The van der Waals surface area contributed by atoms with Crippen LogP contribution in [0.4, 0.5) is 5.88 Å². The maximum atomic E-state index is 13.3. The fourth-order valence-corrected chi connectivity index (χ4v) is 4.45. The Morgan fingerprint density at radius 2 is 1.59 bits per heavy atom. The fraction of sp³-hybridized carbons (Fsp3) is 0.367. The Labute approximate surface area is 229 Å². The van der Waals surface area contributed by atoms with Crippen molar-refractivity contribution < 1.29 is 23.4 Å². The number of aromatic nitrogens is 1. The van der Waals surface area contributed by atoms with Gasteiger partial charge < -0.3 is 28.4 Å². The lowest BCUT2D eigenvalue weighted by molar-refractivity contribution is 0.0744. The molecule has 0 N–H and O–H groups in total. The monoisotopic (exact) mass is 530 g/mol. The van der Waals surface area contributed by atoms with Crippen molar-refractivity contribution in [3.05, 3.63) is 64.7 Å². The van der Waals surface area contributed by atoms with E-state index >= 15 is 0 Å². The largest absolute Gasteiger partial charge is 0.493 e. The zero-order chi connectivity index (χ0) is 28.2. The molecule has 3 aromatic rings. The summed E-state index contributed by atoms with van der Waals surface area (Å²) in [6, 6.07) is 13.8. The topological polar surface area (TPSA) is 101 Å². The van der Waals surface area contributed by atoms with Crippen LogP contribution in [0.5, 0.6) is 17.2 Å². The number of carbonyl (C=O) groups excluding carboxylic acids is 1. The second-order valence-electron chi connectivity index (χ2n) is 10.2. The summed E-state index contributed by atoms with van der Waals surface area (Å²) < 4.78 is 22.1. The number of methoxy groups -OCH3 is 3. The maximum absolute atomic E-state index is 13.3. The summed E-state index contributed by atoms with van der Waals surface area (Å²) >= 11 is 0. The van der Waals surface area contributed by atoms with E-state index in [9.17, 15) is 10.1 Å². The van der Waals surface area contributed by atoms with E-state index in [4.69, 9.17) is 18.6 Å². The summed E-state index contributed by atoms with van der Waals surface area (Å²) in [5.41, 5.74) is 3.03. The minimum atomic E-state index is -0.145. The highest BCUT2D eigenvalue weighted by molar-refractivity contribution is 5.96. The zero-order valence-electron chi connectivity index (χ0n) is 23.3. The number of anilines is 1. The number of hydrogen-bond donors (Lipinski definition) is 0. The number of amides is 1. The van der Waals surface area contributed by atoms with Crippen molar-refractivity contribution in [1.82, 2.24) is 9.88 Å². The van der Waals surface area contributed by atoms with Crippen molar-refractivity contribution >= 4 is 23.9 Å². The standard InChI is InChI=1S/C30H34N4O5/c1-30(2,3)22-10-7-20(8-11-22)9-12-26-32-23(19-31)29(39-26)34-15-13-33(14-16-34)28(35)21-17-24(36-4)27(38-6)25(18-21)37-5/h7-12,17-18H,13-16H2,1-6H3/b12-9+. The van der Waals surface area contributed by atoms with E-state index in [2.05, 4.69) is 56.1 Å². The first kappa shape index (κ1) is 27.6.